The van der Waals surface area contributed by atoms with Gasteiger partial charge in [-0.2, -0.15) is 5.10 Å². The fourth-order valence-electron chi connectivity index (χ4n) is 2.76. The highest BCUT2D eigenvalue weighted by molar-refractivity contribution is 6.30. The first-order valence-corrected chi connectivity index (χ1v) is 8.29. The number of nitrogens with one attached hydrogen (secondary N) is 1. The van der Waals surface area contributed by atoms with Crippen LogP contribution in [0.1, 0.15) is 10.4 Å². The van der Waals surface area contributed by atoms with Crippen LogP contribution in [0.15, 0.2) is 48.8 Å². The van der Waals surface area contributed by atoms with E-state index in [4.69, 9.17) is 16.3 Å². The number of hydrogen-bond acceptors (Lipinski definition) is 5. The molecule has 27 heavy (non-hydrogen) atoms. The fraction of sp³-hybridized carbons (Fsp3) is 0.0526. The third kappa shape index (κ3) is 3.13. The zero-order valence-electron chi connectivity index (χ0n) is 14.0. The van der Waals surface area contributed by atoms with Gasteiger partial charge in [0.15, 0.2) is 0 Å². The summed E-state index contributed by atoms with van der Waals surface area (Å²) in [5.74, 6) is -0.929. The molecule has 4 aromatic rings. The van der Waals surface area contributed by atoms with Gasteiger partial charge < -0.3 is 4.74 Å². The van der Waals surface area contributed by atoms with Gasteiger partial charge in [0.2, 0.25) is 0 Å². The van der Waals surface area contributed by atoms with E-state index in [0.717, 1.165) is 0 Å². The summed E-state index contributed by atoms with van der Waals surface area (Å²) < 4.78 is 19.0. The number of hydrogen-bond donors (Lipinski definition) is 1. The van der Waals surface area contributed by atoms with Gasteiger partial charge >= 0.3 is 5.97 Å². The van der Waals surface area contributed by atoms with Gasteiger partial charge in [-0.3, -0.25) is 10.1 Å². The molecular weight excluding hydrogens is 371 g/mol. The lowest BCUT2D eigenvalue weighted by molar-refractivity contribution is 0.0600. The van der Waals surface area contributed by atoms with Gasteiger partial charge in [0, 0.05) is 22.3 Å². The molecule has 0 bridgehead atoms. The molecule has 8 heteroatoms. The minimum absolute atomic E-state index is 0.290. The van der Waals surface area contributed by atoms with E-state index in [0.29, 0.717) is 44.1 Å². The molecule has 4 rings (SSSR count). The average molecular weight is 383 g/mol. The van der Waals surface area contributed by atoms with Gasteiger partial charge in [-0.25, -0.2) is 14.2 Å². The zero-order chi connectivity index (χ0) is 19.0. The van der Waals surface area contributed by atoms with Crippen molar-refractivity contribution < 1.29 is 13.9 Å². The molecule has 0 aliphatic carbocycles. The van der Waals surface area contributed by atoms with E-state index in [2.05, 4.69) is 20.2 Å². The summed E-state index contributed by atoms with van der Waals surface area (Å²) >= 11 is 6.00. The van der Waals surface area contributed by atoms with E-state index >= 15 is 0 Å². The van der Waals surface area contributed by atoms with Gasteiger partial charge in [0.25, 0.3) is 0 Å². The van der Waals surface area contributed by atoms with Crippen molar-refractivity contribution in [2.75, 3.05) is 7.11 Å². The van der Waals surface area contributed by atoms with E-state index in [1.54, 1.807) is 24.4 Å². The number of ether oxygens (including phenoxy) is 1. The normalized spacial score (nSPS) is 10.9. The highest BCUT2D eigenvalue weighted by Gasteiger charge is 2.16. The van der Waals surface area contributed by atoms with Crippen LogP contribution in [0.3, 0.4) is 0 Å². The number of carbonyl (C=O) groups excluding carboxylic acids is 1. The first-order chi connectivity index (χ1) is 13.1. The van der Waals surface area contributed by atoms with Crippen LogP contribution in [0.25, 0.3) is 33.5 Å². The van der Waals surface area contributed by atoms with E-state index < -0.39 is 11.8 Å². The first kappa shape index (κ1) is 17.1. The number of halogens is 2. The SMILES string of the molecule is COC(=O)c1cnc2ccc(-c3cn[nH]c3-c3cc(Cl)ccc3F)nc2c1. The van der Waals surface area contributed by atoms with Crippen LogP contribution in [-0.4, -0.2) is 33.2 Å². The molecule has 1 aromatic carbocycles. The van der Waals surface area contributed by atoms with Crippen molar-refractivity contribution in [2.45, 2.75) is 0 Å². The Kier molecular flexibility index (Phi) is 4.29. The van der Waals surface area contributed by atoms with E-state index in [9.17, 15) is 9.18 Å². The average Bonchev–Trinajstić information content (AvgIpc) is 3.18. The number of methoxy groups -OCH3 is 1. The van der Waals surface area contributed by atoms with Crippen molar-refractivity contribution >= 4 is 28.6 Å². The largest absolute Gasteiger partial charge is 0.465 e. The van der Waals surface area contributed by atoms with Crippen LogP contribution >= 0.6 is 11.6 Å². The fourth-order valence-corrected chi connectivity index (χ4v) is 2.93. The molecule has 0 aliphatic heterocycles. The maximum absolute atomic E-state index is 14.3. The Hall–Kier alpha value is -3.32. The number of esters is 1. The minimum atomic E-state index is -0.499. The lowest BCUT2D eigenvalue weighted by Gasteiger charge is -2.07. The van der Waals surface area contributed by atoms with Gasteiger partial charge in [0.1, 0.15) is 5.82 Å². The molecule has 3 aromatic heterocycles. The maximum atomic E-state index is 14.3. The van der Waals surface area contributed by atoms with Crippen molar-refractivity contribution in [1.29, 1.82) is 0 Å². The number of fused-ring (bicyclic) bond motifs is 1. The summed E-state index contributed by atoms with van der Waals surface area (Å²) in [6.45, 7) is 0. The van der Waals surface area contributed by atoms with Gasteiger partial charge in [-0.15, -0.1) is 0 Å². The summed E-state index contributed by atoms with van der Waals surface area (Å²) in [6, 6.07) is 9.41. The van der Waals surface area contributed by atoms with Gasteiger partial charge in [-0.05, 0) is 36.4 Å². The number of H-pyrrole nitrogens is 1. The molecule has 0 aliphatic rings. The molecular formula is C19H12ClFN4O2. The van der Waals surface area contributed by atoms with Crippen LogP contribution < -0.4 is 0 Å². The molecule has 0 fully saturated rings. The molecule has 134 valence electrons. The molecule has 6 nitrogen and oxygen atoms in total. The maximum Gasteiger partial charge on any atom is 0.339 e. The first-order valence-electron chi connectivity index (χ1n) is 7.91. The number of carbonyl (C=O) groups is 1. The van der Waals surface area contributed by atoms with E-state index in [-0.39, 0.29) is 0 Å². The molecule has 0 spiro atoms. The van der Waals surface area contributed by atoms with Crippen molar-refractivity contribution in [3.8, 4) is 22.5 Å². The van der Waals surface area contributed by atoms with Crippen LogP contribution in [0.5, 0.6) is 0 Å². The highest BCUT2D eigenvalue weighted by atomic mass is 35.5. The van der Waals surface area contributed by atoms with Crippen molar-refractivity contribution in [2.24, 2.45) is 0 Å². The second-order valence-electron chi connectivity index (χ2n) is 5.73. The highest BCUT2D eigenvalue weighted by Crippen LogP contribution is 2.32. The smallest absolute Gasteiger partial charge is 0.339 e. The lowest BCUT2D eigenvalue weighted by atomic mass is 10.0. The second kappa shape index (κ2) is 6.77. The quantitative estimate of drug-likeness (QED) is 0.535. The van der Waals surface area contributed by atoms with E-state index in [1.165, 1.54) is 31.5 Å². The number of rotatable bonds is 3. The second-order valence-corrected chi connectivity index (χ2v) is 6.17. The Morgan fingerprint density at radius 3 is 2.78 bits per heavy atom. The van der Waals surface area contributed by atoms with Gasteiger partial charge in [-0.1, -0.05) is 11.6 Å². The molecule has 1 N–H and O–H groups in total. The van der Waals surface area contributed by atoms with Crippen LogP contribution in [0, 0.1) is 5.82 Å². The summed E-state index contributed by atoms with van der Waals surface area (Å²) in [6.07, 6.45) is 2.99. The number of aromatic amines is 1. The summed E-state index contributed by atoms with van der Waals surface area (Å²) in [5.41, 5.74) is 3.32. The van der Waals surface area contributed by atoms with Crippen molar-refractivity contribution in [3.05, 3.63) is 65.2 Å². The predicted molar refractivity (Wildman–Crippen MR) is 98.9 cm³/mol. The molecule has 3 heterocycles. The third-order valence-corrected chi connectivity index (χ3v) is 4.31. The Balaban J connectivity index is 1.85. The number of nitrogens with zero attached hydrogens (tertiary/aromatic N) is 3. The lowest BCUT2D eigenvalue weighted by Crippen LogP contribution is -2.02. The van der Waals surface area contributed by atoms with Crippen molar-refractivity contribution in [3.63, 3.8) is 0 Å². The number of benzene rings is 1. The Labute approximate surface area is 158 Å². The van der Waals surface area contributed by atoms with Crippen molar-refractivity contribution in [1.82, 2.24) is 20.2 Å². The zero-order valence-corrected chi connectivity index (χ0v) is 14.8. The molecule has 0 saturated carbocycles. The van der Waals surface area contributed by atoms with Gasteiger partial charge in [0.05, 0.1) is 41.3 Å². The number of aromatic nitrogens is 4. The predicted octanol–water partition coefficient (Wildman–Crippen LogP) is 4.27. The van der Waals surface area contributed by atoms with Crippen LogP contribution in [0.4, 0.5) is 4.39 Å². The molecule has 0 atom stereocenters. The monoisotopic (exact) mass is 382 g/mol. The third-order valence-electron chi connectivity index (χ3n) is 4.07. The summed E-state index contributed by atoms with van der Waals surface area (Å²) in [4.78, 5) is 20.5. The van der Waals surface area contributed by atoms with E-state index in [1.807, 2.05) is 0 Å². The molecule has 0 unspecified atom stereocenters. The topological polar surface area (TPSA) is 80.8 Å². The summed E-state index contributed by atoms with van der Waals surface area (Å²) in [7, 11) is 1.30. The Bertz CT molecular complexity index is 1180. The summed E-state index contributed by atoms with van der Waals surface area (Å²) in [5, 5.41) is 7.23. The molecule has 0 amide bonds. The number of pyridine rings is 2. The minimum Gasteiger partial charge on any atom is -0.465 e. The van der Waals surface area contributed by atoms with Crippen LogP contribution in [0.2, 0.25) is 5.02 Å². The molecule has 0 radical (unpaired) electrons. The Morgan fingerprint density at radius 1 is 1.11 bits per heavy atom. The Morgan fingerprint density at radius 2 is 1.96 bits per heavy atom. The van der Waals surface area contributed by atoms with Crippen LogP contribution in [-0.2, 0) is 4.74 Å². The molecule has 0 saturated heterocycles. The standard InChI is InChI=1S/C19H12ClFN4O2/c1-27-19(26)10-6-17-16(22-8-10)5-4-15(24-17)13-9-23-25-18(13)12-7-11(20)2-3-14(12)21/h2-9H,1H3,(H,23,25).